The van der Waals surface area contributed by atoms with E-state index in [9.17, 15) is 18.4 Å². The van der Waals surface area contributed by atoms with Gasteiger partial charge in [-0.15, -0.1) is 0 Å². The van der Waals surface area contributed by atoms with Gasteiger partial charge < -0.3 is 10.1 Å². The van der Waals surface area contributed by atoms with Crippen LogP contribution in [-0.2, 0) is 0 Å². The lowest BCUT2D eigenvalue weighted by atomic mass is 9.92. The van der Waals surface area contributed by atoms with Crippen molar-refractivity contribution >= 4 is 11.7 Å². The van der Waals surface area contributed by atoms with Crippen molar-refractivity contribution in [3.8, 4) is 11.8 Å². The maximum absolute atomic E-state index is 12.6. The van der Waals surface area contributed by atoms with Gasteiger partial charge in [0.15, 0.2) is 5.78 Å². The minimum absolute atomic E-state index is 0.0392. The van der Waals surface area contributed by atoms with E-state index in [-0.39, 0.29) is 17.1 Å². The molecule has 0 saturated heterocycles. The molecule has 2 rings (SSSR count). The summed E-state index contributed by atoms with van der Waals surface area (Å²) < 4.78 is 29.3. The van der Waals surface area contributed by atoms with Crippen LogP contribution in [0.2, 0.25) is 0 Å². The third-order valence-corrected chi connectivity index (χ3v) is 4.17. The van der Waals surface area contributed by atoms with Gasteiger partial charge in [-0.25, -0.2) is 0 Å². The Kier molecular flexibility index (Phi) is 6.61. The Bertz CT molecular complexity index is 860. The number of carbonyl (C=O) groups is 2. The number of nitrogens with zero attached hydrogens (tertiary/aromatic N) is 1. The topological polar surface area (TPSA) is 79.2 Å². The number of Topliss-reactive ketones (excluding diaryl/α,β-unsaturated/α-hetero) is 1. The lowest BCUT2D eigenvalue weighted by Crippen LogP contribution is -2.40. The van der Waals surface area contributed by atoms with E-state index < -0.39 is 24.5 Å². The first-order valence-electron chi connectivity index (χ1n) is 8.22. The highest BCUT2D eigenvalue weighted by molar-refractivity contribution is 6.00. The van der Waals surface area contributed by atoms with Gasteiger partial charge in [-0.3, -0.25) is 9.59 Å². The summed E-state index contributed by atoms with van der Waals surface area (Å²) in [5.41, 5.74) is 0.822. The molecule has 1 amide bonds. The fraction of sp³-hybridized carbons (Fsp3) is 0.250. The number of benzene rings is 2. The molecule has 0 aliphatic heterocycles. The van der Waals surface area contributed by atoms with Crippen LogP contribution in [0, 0.1) is 17.2 Å². The highest BCUT2D eigenvalue weighted by Crippen LogP contribution is 2.21. The van der Waals surface area contributed by atoms with Crippen molar-refractivity contribution in [2.45, 2.75) is 26.5 Å². The number of hydrogen-bond donors (Lipinski definition) is 1. The molecule has 0 aliphatic rings. The first-order valence-corrected chi connectivity index (χ1v) is 8.22. The second-order valence-electron chi connectivity index (χ2n) is 5.98. The lowest BCUT2D eigenvalue weighted by molar-refractivity contribution is -0.0501. The number of halogens is 2. The lowest BCUT2D eigenvalue weighted by Gasteiger charge is -2.21. The van der Waals surface area contributed by atoms with E-state index in [1.165, 1.54) is 24.3 Å². The van der Waals surface area contributed by atoms with Gasteiger partial charge in [0.1, 0.15) is 5.75 Å². The molecular formula is C20H18F2N2O3. The highest BCUT2D eigenvalue weighted by atomic mass is 19.3. The standard InChI is InChI=1S/C20H18F2N2O3/c1-12(18(25)15-9-7-14(11-23)8-10-15)13(2)24-19(26)16-5-3-4-6-17(16)27-20(21)22/h3-10,12-13,20H,1-2H3,(H,24,26). The molecule has 7 heteroatoms. The summed E-state index contributed by atoms with van der Waals surface area (Å²) in [6, 6.07) is 13.3. The molecule has 2 aromatic carbocycles. The first-order chi connectivity index (χ1) is 12.8. The predicted molar refractivity (Wildman–Crippen MR) is 94.7 cm³/mol. The summed E-state index contributed by atoms with van der Waals surface area (Å²) in [6.45, 7) is 0.265. The summed E-state index contributed by atoms with van der Waals surface area (Å²) in [4.78, 5) is 25.0. The van der Waals surface area contributed by atoms with Crippen LogP contribution in [0.4, 0.5) is 8.78 Å². The van der Waals surface area contributed by atoms with Crippen LogP contribution in [0.5, 0.6) is 5.75 Å². The molecule has 0 saturated carbocycles. The van der Waals surface area contributed by atoms with Crippen LogP contribution >= 0.6 is 0 Å². The molecule has 5 nitrogen and oxygen atoms in total. The van der Waals surface area contributed by atoms with Gasteiger partial charge in [0.05, 0.1) is 17.2 Å². The minimum atomic E-state index is -3.05. The van der Waals surface area contributed by atoms with E-state index in [4.69, 9.17) is 5.26 Å². The van der Waals surface area contributed by atoms with Crippen LogP contribution in [0.25, 0.3) is 0 Å². The maximum atomic E-state index is 12.6. The normalized spacial score (nSPS) is 12.7. The summed E-state index contributed by atoms with van der Waals surface area (Å²) in [6.07, 6.45) is 0. The maximum Gasteiger partial charge on any atom is 0.387 e. The Morgan fingerprint density at radius 2 is 1.70 bits per heavy atom. The summed E-state index contributed by atoms with van der Waals surface area (Å²) in [5.74, 6) is -1.61. The van der Waals surface area contributed by atoms with Crippen molar-refractivity contribution in [1.82, 2.24) is 5.32 Å². The summed E-state index contributed by atoms with van der Waals surface area (Å²) in [5, 5.41) is 11.5. The van der Waals surface area contributed by atoms with Crippen LogP contribution in [0.3, 0.4) is 0 Å². The SMILES string of the molecule is CC(NC(=O)c1ccccc1OC(F)F)C(C)C(=O)c1ccc(C#N)cc1. The molecule has 0 spiro atoms. The Morgan fingerprint density at radius 3 is 2.30 bits per heavy atom. The second kappa shape index (κ2) is 8.90. The molecule has 1 N–H and O–H groups in total. The summed E-state index contributed by atoms with van der Waals surface area (Å²) >= 11 is 0. The molecular weight excluding hydrogens is 354 g/mol. The highest BCUT2D eigenvalue weighted by Gasteiger charge is 2.24. The monoisotopic (exact) mass is 372 g/mol. The van der Waals surface area contributed by atoms with Crippen molar-refractivity contribution < 1.29 is 23.1 Å². The van der Waals surface area contributed by atoms with Gasteiger partial charge in [-0.2, -0.15) is 14.0 Å². The van der Waals surface area contributed by atoms with Crippen molar-refractivity contribution in [1.29, 1.82) is 5.26 Å². The predicted octanol–water partition coefficient (Wildman–Crippen LogP) is 3.80. The number of alkyl halides is 2. The van der Waals surface area contributed by atoms with Crippen molar-refractivity contribution in [3.05, 3.63) is 65.2 Å². The van der Waals surface area contributed by atoms with Crippen molar-refractivity contribution in [3.63, 3.8) is 0 Å². The third-order valence-electron chi connectivity index (χ3n) is 4.17. The molecule has 2 unspecified atom stereocenters. The molecule has 0 fully saturated rings. The fourth-order valence-corrected chi connectivity index (χ4v) is 2.46. The number of ketones is 1. The van der Waals surface area contributed by atoms with E-state index in [0.29, 0.717) is 11.1 Å². The zero-order valence-electron chi connectivity index (χ0n) is 14.8. The smallest absolute Gasteiger partial charge is 0.387 e. The van der Waals surface area contributed by atoms with Gasteiger partial charge in [0, 0.05) is 17.5 Å². The molecule has 2 aromatic rings. The molecule has 0 aliphatic carbocycles. The van der Waals surface area contributed by atoms with Crippen LogP contribution in [-0.4, -0.2) is 24.3 Å². The molecule has 0 heterocycles. The van der Waals surface area contributed by atoms with E-state index in [1.807, 2.05) is 6.07 Å². The fourth-order valence-electron chi connectivity index (χ4n) is 2.46. The average molecular weight is 372 g/mol. The van der Waals surface area contributed by atoms with E-state index >= 15 is 0 Å². The minimum Gasteiger partial charge on any atom is -0.434 e. The Labute approximate surface area is 155 Å². The summed E-state index contributed by atoms with van der Waals surface area (Å²) in [7, 11) is 0. The molecule has 0 aromatic heterocycles. The number of rotatable bonds is 7. The van der Waals surface area contributed by atoms with Crippen molar-refractivity contribution in [2.75, 3.05) is 0 Å². The molecule has 0 radical (unpaired) electrons. The van der Waals surface area contributed by atoms with Gasteiger partial charge in [-0.05, 0) is 31.2 Å². The third kappa shape index (κ3) is 5.11. The zero-order chi connectivity index (χ0) is 20.0. The van der Waals surface area contributed by atoms with E-state index in [1.54, 1.807) is 38.1 Å². The number of para-hydroxylation sites is 1. The number of ether oxygens (including phenoxy) is 1. The molecule has 27 heavy (non-hydrogen) atoms. The van der Waals surface area contributed by atoms with Crippen LogP contribution in [0.1, 0.15) is 40.1 Å². The molecule has 0 bridgehead atoms. The van der Waals surface area contributed by atoms with Gasteiger partial charge in [0.2, 0.25) is 0 Å². The molecule has 140 valence electrons. The number of carbonyl (C=O) groups excluding carboxylic acids is 2. The van der Waals surface area contributed by atoms with E-state index in [2.05, 4.69) is 10.1 Å². The van der Waals surface area contributed by atoms with Crippen molar-refractivity contribution in [2.24, 2.45) is 5.92 Å². The average Bonchev–Trinajstić information content (AvgIpc) is 2.66. The Balaban J connectivity index is 2.09. The zero-order valence-corrected chi connectivity index (χ0v) is 14.8. The quantitative estimate of drug-likeness (QED) is 0.750. The number of nitriles is 1. The Morgan fingerprint density at radius 1 is 1.07 bits per heavy atom. The first kappa shape index (κ1) is 20.0. The van der Waals surface area contributed by atoms with Crippen LogP contribution in [0.15, 0.2) is 48.5 Å². The van der Waals surface area contributed by atoms with E-state index in [0.717, 1.165) is 0 Å². The Hall–Kier alpha value is -3.27. The molecule has 2 atom stereocenters. The largest absolute Gasteiger partial charge is 0.434 e. The van der Waals surface area contributed by atoms with Crippen LogP contribution < -0.4 is 10.1 Å². The van der Waals surface area contributed by atoms with Gasteiger partial charge in [0.25, 0.3) is 5.91 Å². The number of nitrogens with one attached hydrogen (secondary N) is 1. The number of hydrogen-bond acceptors (Lipinski definition) is 4. The number of amides is 1. The van der Waals surface area contributed by atoms with Gasteiger partial charge in [-0.1, -0.05) is 31.2 Å². The second-order valence-corrected chi connectivity index (χ2v) is 5.98. The van der Waals surface area contributed by atoms with Gasteiger partial charge >= 0.3 is 6.61 Å².